The summed E-state index contributed by atoms with van der Waals surface area (Å²) in [7, 11) is -3.40. The second-order valence-corrected chi connectivity index (χ2v) is 7.38. The van der Waals surface area contributed by atoms with Gasteiger partial charge in [0.25, 0.3) is 0 Å². The van der Waals surface area contributed by atoms with Crippen LogP contribution in [-0.2, 0) is 15.4 Å². The van der Waals surface area contributed by atoms with Crippen LogP contribution in [-0.4, -0.2) is 39.0 Å². The van der Waals surface area contributed by atoms with Crippen molar-refractivity contribution < 1.29 is 8.42 Å². The van der Waals surface area contributed by atoms with E-state index in [-0.39, 0.29) is 0 Å². The summed E-state index contributed by atoms with van der Waals surface area (Å²) in [5.74, 6) is 0. The number of nitrogens with zero attached hydrogens (tertiary/aromatic N) is 1. The number of benzene rings is 1. The Morgan fingerprint density at radius 2 is 2.05 bits per heavy atom. The topological polar surface area (TPSA) is 49.4 Å². The van der Waals surface area contributed by atoms with Crippen molar-refractivity contribution in [3.63, 3.8) is 0 Å². The maximum absolute atomic E-state index is 12.2. The lowest BCUT2D eigenvalue weighted by Crippen LogP contribution is -2.39. The van der Waals surface area contributed by atoms with Gasteiger partial charge in [0.05, 0.1) is 4.90 Å². The highest BCUT2D eigenvalue weighted by atomic mass is 79.9. The predicted octanol–water partition coefficient (Wildman–Crippen LogP) is 2.34. The Kier molecular flexibility index (Phi) is 5.60. The highest BCUT2D eigenvalue weighted by Crippen LogP contribution is 2.17. The Labute approximate surface area is 129 Å². The van der Waals surface area contributed by atoms with Gasteiger partial charge >= 0.3 is 0 Å². The second kappa shape index (κ2) is 7.02. The van der Waals surface area contributed by atoms with Crippen LogP contribution in [0.2, 0.25) is 0 Å². The average molecular weight is 361 g/mol. The average Bonchev–Trinajstić information content (AvgIpc) is 2.93. The lowest BCUT2D eigenvalue weighted by atomic mass is 10.2. The molecule has 6 heteroatoms. The molecule has 1 aliphatic heterocycles. The van der Waals surface area contributed by atoms with E-state index in [1.807, 2.05) is 12.1 Å². The Hall–Kier alpha value is -0.430. The number of alkyl halides is 1. The highest BCUT2D eigenvalue weighted by Gasteiger charge is 2.24. The SMILES string of the molecule is CCN1CCCC1CNS(=O)(=O)c1ccc(CBr)cc1. The summed E-state index contributed by atoms with van der Waals surface area (Å²) in [6.45, 7) is 4.66. The van der Waals surface area contributed by atoms with Crippen molar-refractivity contribution in [3.8, 4) is 0 Å². The Balaban J connectivity index is 1.99. The summed E-state index contributed by atoms with van der Waals surface area (Å²) in [6.07, 6.45) is 2.22. The summed E-state index contributed by atoms with van der Waals surface area (Å²) in [6, 6.07) is 7.31. The van der Waals surface area contributed by atoms with Crippen LogP contribution >= 0.6 is 15.9 Å². The normalized spacial score (nSPS) is 20.4. The van der Waals surface area contributed by atoms with E-state index in [1.165, 1.54) is 0 Å². The van der Waals surface area contributed by atoms with E-state index in [9.17, 15) is 8.42 Å². The van der Waals surface area contributed by atoms with Crippen molar-refractivity contribution >= 4 is 26.0 Å². The lowest BCUT2D eigenvalue weighted by Gasteiger charge is -2.22. The molecule has 0 bridgehead atoms. The van der Waals surface area contributed by atoms with Gasteiger partial charge in [-0.15, -0.1) is 0 Å². The molecule has 0 saturated carbocycles. The molecule has 0 spiro atoms. The summed E-state index contributed by atoms with van der Waals surface area (Å²) in [5, 5.41) is 0.730. The van der Waals surface area contributed by atoms with E-state index in [2.05, 4.69) is 32.5 Å². The molecule has 112 valence electrons. The van der Waals surface area contributed by atoms with Gasteiger partial charge in [-0.25, -0.2) is 13.1 Å². The Morgan fingerprint density at radius 3 is 2.65 bits per heavy atom. The van der Waals surface area contributed by atoms with Crippen LogP contribution in [0.4, 0.5) is 0 Å². The first-order valence-corrected chi connectivity index (χ1v) is 9.56. The first-order chi connectivity index (χ1) is 9.56. The molecular weight excluding hydrogens is 340 g/mol. The fourth-order valence-electron chi connectivity index (χ4n) is 2.59. The summed E-state index contributed by atoms with van der Waals surface area (Å²) in [4.78, 5) is 2.67. The summed E-state index contributed by atoms with van der Waals surface area (Å²) < 4.78 is 27.2. The molecule has 1 saturated heterocycles. The predicted molar refractivity (Wildman–Crippen MR) is 84.5 cm³/mol. The largest absolute Gasteiger partial charge is 0.299 e. The minimum absolute atomic E-state index is 0.330. The lowest BCUT2D eigenvalue weighted by molar-refractivity contribution is 0.268. The van der Waals surface area contributed by atoms with E-state index in [1.54, 1.807) is 12.1 Å². The molecule has 1 unspecified atom stereocenters. The van der Waals surface area contributed by atoms with Crippen molar-refractivity contribution in [1.82, 2.24) is 9.62 Å². The van der Waals surface area contributed by atoms with Crippen molar-refractivity contribution in [2.45, 2.75) is 36.0 Å². The first kappa shape index (κ1) is 15.9. The molecule has 1 fully saturated rings. The van der Waals surface area contributed by atoms with Gasteiger partial charge in [-0.2, -0.15) is 0 Å². The zero-order valence-corrected chi connectivity index (χ0v) is 14.1. The van der Waals surface area contributed by atoms with Crippen LogP contribution in [0.25, 0.3) is 0 Å². The Bertz CT molecular complexity index is 531. The summed E-state index contributed by atoms with van der Waals surface area (Å²) in [5.41, 5.74) is 1.07. The molecule has 2 rings (SSSR count). The van der Waals surface area contributed by atoms with E-state index in [4.69, 9.17) is 0 Å². The molecule has 4 nitrogen and oxygen atoms in total. The van der Waals surface area contributed by atoms with E-state index in [0.717, 1.165) is 36.8 Å². The zero-order chi connectivity index (χ0) is 14.6. The molecule has 20 heavy (non-hydrogen) atoms. The minimum Gasteiger partial charge on any atom is -0.299 e. The fraction of sp³-hybridized carbons (Fsp3) is 0.571. The molecule has 1 aromatic carbocycles. The monoisotopic (exact) mass is 360 g/mol. The smallest absolute Gasteiger partial charge is 0.240 e. The molecule has 1 atom stereocenters. The van der Waals surface area contributed by atoms with Gasteiger partial charge < -0.3 is 0 Å². The second-order valence-electron chi connectivity index (χ2n) is 5.05. The third kappa shape index (κ3) is 3.81. The van der Waals surface area contributed by atoms with Crippen molar-refractivity contribution in [3.05, 3.63) is 29.8 Å². The molecule has 1 aliphatic rings. The number of halogens is 1. The molecular formula is C14H21BrN2O2S. The van der Waals surface area contributed by atoms with Crippen LogP contribution in [0.5, 0.6) is 0 Å². The molecule has 1 heterocycles. The van der Waals surface area contributed by atoms with Gasteiger partial charge in [-0.05, 0) is 43.6 Å². The third-order valence-electron chi connectivity index (χ3n) is 3.80. The highest BCUT2D eigenvalue weighted by molar-refractivity contribution is 9.08. The molecule has 0 radical (unpaired) electrons. The van der Waals surface area contributed by atoms with Crippen LogP contribution < -0.4 is 4.72 Å². The molecule has 0 amide bonds. The van der Waals surface area contributed by atoms with Gasteiger partial charge in [0.1, 0.15) is 0 Å². The molecule has 0 aromatic heterocycles. The van der Waals surface area contributed by atoms with Crippen molar-refractivity contribution in [2.24, 2.45) is 0 Å². The van der Waals surface area contributed by atoms with E-state index in [0.29, 0.717) is 17.5 Å². The van der Waals surface area contributed by atoms with Gasteiger partial charge in [-0.1, -0.05) is 35.0 Å². The third-order valence-corrected chi connectivity index (χ3v) is 5.89. The van der Waals surface area contributed by atoms with Gasteiger partial charge in [0.2, 0.25) is 10.0 Å². The minimum atomic E-state index is -3.40. The molecule has 0 aliphatic carbocycles. The number of likely N-dealkylation sites (N-methyl/N-ethyl adjacent to an activating group) is 1. The quantitative estimate of drug-likeness (QED) is 0.792. The maximum Gasteiger partial charge on any atom is 0.240 e. The summed E-state index contributed by atoms with van der Waals surface area (Å²) >= 11 is 3.35. The van der Waals surface area contributed by atoms with Gasteiger partial charge in [0, 0.05) is 17.9 Å². The van der Waals surface area contributed by atoms with Gasteiger partial charge in [-0.3, -0.25) is 4.90 Å². The van der Waals surface area contributed by atoms with Crippen LogP contribution in [0.15, 0.2) is 29.2 Å². The fourth-order valence-corrected chi connectivity index (χ4v) is 4.04. The van der Waals surface area contributed by atoms with Crippen LogP contribution in [0.3, 0.4) is 0 Å². The number of hydrogen-bond acceptors (Lipinski definition) is 3. The number of rotatable bonds is 6. The van der Waals surface area contributed by atoms with Crippen LogP contribution in [0, 0.1) is 0 Å². The van der Waals surface area contributed by atoms with Crippen molar-refractivity contribution in [1.29, 1.82) is 0 Å². The maximum atomic E-state index is 12.2. The number of hydrogen-bond donors (Lipinski definition) is 1. The number of likely N-dealkylation sites (tertiary alicyclic amines) is 1. The van der Waals surface area contributed by atoms with E-state index < -0.39 is 10.0 Å². The molecule has 1 N–H and O–H groups in total. The number of nitrogens with one attached hydrogen (secondary N) is 1. The van der Waals surface area contributed by atoms with E-state index >= 15 is 0 Å². The van der Waals surface area contributed by atoms with Crippen molar-refractivity contribution in [2.75, 3.05) is 19.6 Å². The Morgan fingerprint density at radius 1 is 1.35 bits per heavy atom. The molecule has 1 aromatic rings. The number of sulfonamides is 1. The van der Waals surface area contributed by atoms with Gasteiger partial charge in [0.15, 0.2) is 0 Å². The van der Waals surface area contributed by atoms with Crippen LogP contribution in [0.1, 0.15) is 25.3 Å². The first-order valence-electron chi connectivity index (χ1n) is 6.95. The standard InChI is InChI=1S/C14H21BrN2O2S/c1-2-17-9-3-4-13(17)11-16-20(18,19)14-7-5-12(10-15)6-8-14/h5-8,13,16H,2-4,9-11H2,1H3. The zero-order valence-electron chi connectivity index (χ0n) is 11.7.